The maximum absolute atomic E-state index is 3.48. The van der Waals surface area contributed by atoms with Crippen LogP contribution in [0.5, 0.6) is 0 Å². The molecule has 1 aromatic rings. The number of piperazine rings is 1. The maximum atomic E-state index is 3.48. The summed E-state index contributed by atoms with van der Waals surface area (Å²) in [6, 6.07) is 5.33. The van der Waals surface area contributed by atoms with Crippen molar-refractivity contribution in [1.82, 2.24) is 10.2 Å². The number of hydrogen-bond donors (Lipinski definition) is 1. The third-order valence-electron chi connectivity index (χ3n) is 4.74. The van der Waals surface area contributed by atoms with E-state index in [9.17, 15) is 0 Å². The smallest absolute Gasteiger partial charge is 0.0354 e. The summed E-state index contributed by atoms with van der Waals surface area (Å²) < 4.78 is 0. The number of benzene rings is 1. The quantitative estimate of drug-likeness (QED) is 0.719. The van der Waals surface area contributed by atoms with Gasteiger partial charge in [-0.15, -0.1) is 24.8 Å². The summed E-state index contributed by atoms with van der Waals surface area (Å²) in [6.45, 7) is 13.7. The van der Waals surface area contributed by atoms with Gasteiger partial charge in [0.15, 0.2) is 0 Å². The summed E-state index contributed by atoms with van der Waals surface area (Å²) in [5.41, 5.74) is 5.94. The highest BCUT2D eigenvalue weighted by Crippen LogP contribution is 2.32. The number of rotatable bonds is 6. The number of nitrogens with one attached hydrogen (secondary N) is 1. The summed E-state index contributed by atoms with van der Waals surface area (Å²) in [5, 5.41) is 3.48. The molecule has 1 N–H and O–H groups in total. The lowest BCUT2D eigenvalue weighted by molar-refractivity contribution is 0.162. The fraction of sp³-hybridized carbons (Fsp3) is 0.684. The van der Waals surface area contributed by atoms with Crippen molar-refractivity contribution in [2.24, 2.45) is 0 Å². The largest absolute Gasteiger partial charge is 0.314 e. The van der Waals surface area contributed by atoms with Crippen molar-refractivity contribution in [2.75, 3.05) is 26.2 Å². The molecule has 2 nitrogen and oxygen atoms in total. The molecule has 1 aliphatic heterocycles. The van der Waals surface area contributed by atoms with Gasteiger partial charge < -0.3 is 5.32 Å². The molecule has 1 fully saturated rings. The van der Waals surface area contributed by atoms with Gasteiger partial charge >= 0.3 is 0 Å². The zero-order chi connectivity index (χ0) is 15.2. The summed E-state index contributed by atoms with van der Waals surface area (Å²) in [7, 11) is 0. The van der Waals surface area contributed by atoms with Gasteiger partial charge in [0.2, 0.25) is 0 Å². The third kappa shape index (κ3) is 6.26. The van der Waals surface area contributed by atoms with Crippen LogP contribution in [0.15, 0.2) is 12.1 Å². The summed E-state index contributed by atoms with van der Waals surface area (Å²) in [6.07, 6.45) is 5.31. The average Bonchev–Trinajstić information content (AvgIpc) is 2.45. The van der Waals surface area contributed by atoms with Crippen LogP contribution in [-0.4, -0.2) is 31.1 Å². The zero-order valence-corrected chi connectivity index (χ0v) is 16.8. The van der Waals surface area contributed by atoms with Crippen LogP contribution >= 0.6 is 24.8 Å². The maximum Gasteiger partial charge on any atom is 0.0354 e. The molecule has 1 atom stereocenters. The van der Waals surface area contributed by atoms with Crippen LogP contribution in [0.3, 0.4) is 0 Å². The lowest BCUT2D eigenvalue weighted by Crippen LogP contribution is -2.45. The summed E-state index contributed by atoms with van der Waals surface area (Å²) in [4.78, 5) is 2.71. The first-order valence-corrected chi connectivity index (χ1v) is 8.66. The van der Waals surface area contributed by atoms with Crippen molar-refractivity contribution in [3.05, 3.63) is 34.4 Å². The molecular weight excluding hydrogens is 327 g/mol. The van der Waals surface area contributed by atoms with Crippen LogP contribution in [0.2, 0.25) is 0 Å². The van der Waals surface area contributed by atoms with E-state index in [-0.39, 0.29) is 24.8 Å². The number of unbranched alkanes of at least 4 members (excludes halogenated alkanes) is 2. The van der Waals surface area contributed by atoms with Crippen LogP contribution in [0, 0.1) is 20.8 Å². The molecule has 0 unspecified atom stereocenters. The molecule has 23 heavy (non-hydrogen) atoms. The van der Waals surface area contributed by atoms with E-state index in [4.69, 9.17) is 0 Å². The van der Waals surface area contributed by atoms with Gasteiger partial charge in [-0.1, -0.05) is 43.9 Å². The summed E-state index contributed by atoms with van der Waals surface area (Å²) in [5.74, 6) is 0. The molecule has 0 radical (unpaired) electrons. The fourth-order valence-corrected chi connectivity index (χ4v) is 3.81. The van der Waals surface area contributed by atoms with Crippen LogP contribution < -0.4 is 5.32 Å². The second kappa shape index (κ2) is 11.3. The lowest BCUT2D eigenvalue weighted by atomic mass is 9.89. The van der Waals surface area contributed by atoms with Crippen LogP contribution in [-0.2, 0) is 0 Å². The Hall–Kier alpha value is -0.280. The molecular formula is C19H34Cl2N2. The van der Waals surface area contributed by atoms with Gasteiger partial charge in [-0.3, -0.25) is 4.90 Å². The van der Waals surface area contributed by atoms with Crippen LogP contribution in [0.25, 0.3) is 0 Å². The van der Waals surface area contributed by atoms with Crippen molar-refractivity contribution >= 4 is 24.8 Å². The molecule has 0 bridgehead atoms. The third-order valence-corrected chi connectivity index (χ3v) is 4.74. The minimum Gasteiger partial charge on any atom is -0.314 e. The highest BCUT2D eigenvalue weighted by Gasteiger charge is 2.24. The monoisotopic (exact) mass is 360 g/mol. The van der Waals surface area contributed by atoms with Crippen molar-refractivity contribution in [2.45, 2.75) is 59.4 Å². The highest BCUT2D eigenvalue weighted by atomic mass is 35.5. The van der Waals surface area contributed by atoms with Crippen molar-refractivity contribution in [1.29, 1.82) is 0 Å². The van der Waals surface area contributed by atoms with Crippen molar-refractivity contribution in [3.63, 3.8) is 0 Å². The summed E-state index contributed by atoms with van der Waals surface area (Å²) >= 11 is 0. The second-order valence-electron chi connectivity index (χ2n) is 6.61. The Morgan fingerprint density at radius 1 is 1.00 bits per heavy atom. The molecule has 1 aliphatic rings. The van der Waals surface area contributed by atoms with E-state index < -0.39 is 0 Å². The Labute approximate surface area is 155 Å². The van der Waals surface area contributed by atoms with E-state index in [0.717, 1.165) is 13.1 Å². The van der Waals surface area contributed by atoms with Crippen LogP contribution in [0.1, 0.15) is 60.9 Å². The number of aryl methyl sites for hydroxylation is 3. The molecule has 0 spiro atoms. The van der Waals surface area contributed by atoms with Gasteiger partial charge in [0.1, 0.15) is 0 Å². The molecule has 0 aliphatic carbocycles. The SMILES string of the molecule is CCCCC[C@@H](c1c(C)cc(C)cc1C)N1CCNCC1.Cl.Cl. The Morgan fingerprint density at radius 3 is 2.09 bits per heavy atom. The van der Waals surface area contributed by atoms with Crippen molar-refractivity contribution < 1.29 is 0 Å². The zero-order valence-electron chi connectivity index (χ0n) is 15.2. The number of hydrogen-bond acceptors (Lipinski definition) is 2. The predicted molar refractivity (Wildman–Crippen MR) is 106 cm³/mol. The van der Waals surface area contributed by atoms with E-state index in [2.05, 4.69) is 50.0 Å². The lowest BCUT2D eigenvalue weighted by Gasteiger charge is -2.37. The molecule has 0 amide bonds. The fourth-order valence-electron chi connectivity index (χ4n) is 3.81. The first kappa shape index (κ1) is 22.7. The predicted octanol–water partition coefficient (Wildman–Crippen LogP) is 4.98. The molecule has 1 heterocycles. The molecule has 2 rings (SSSR count). The van der Waals surface area contributed by atoms with Crippen molar-refractivity contribution in [3.8, 4) is 0 Å². The standard InChI is InChI=1S/C19H32N2.2ClH/c1-5-6-7-8-18(21-11-9-20-10-12-21)19-16(3)13-15(2)14-17(19)4;;/h13-14,18,20H,5-12H2,1-4H3;2*1H/t18-;;/m0../s1. The van der Waals surface area contributed by atoms with Gasteiger partial charge in [-0.2, -0.15) is 0 Å². The van der Waals surface area contributed by atoms with Gasteiger partial charge in [0, 0.05) is 32.2 Å². The first-order valence-electron chi connectivity index (χ1n) is 8.66. The first-order chi connectivity index (χ1) is 10.1. The molecule has 0 aromatic heterocycles. The molecule has 0 saturated carbocycles. The Morgan fingerprint density at radius 2 is 1.57 bits per heavy atom. The van der Waals surface area contributed by atoms with Gasteiger partial charge in [0.25, 0.3) is 0 Å². The minimum absolute atomic E-state index is 0. The minimum atomic E-state index is 0. The van der Waals surface area contributed by atoms with E-state index in [1.54, 1.807) is 5.56 Å². The van der Waals surface area contributed by atoms with E-state index in [1.807, 2.05) is 0 Å². The molecule has 1 saturated heterocycles. The highest BCUT2D eigenvalue weighted by molar-refractivity contribution is 5.85. The molecule has 134 valence electrons. The van der Waals surface area contributed by atoms with Gasteiger partial charge in [-0.25, -0.2) is 0 Å². The second-order valence-corrected chi connectivity index (χ2v) is 6.61. The van der Waals surface area contributed by atoms with Gasteiger partial charge in [-0.05, 0) is 43.9 Å². The van der Waals surface area contributed by atoms with Crippen LogP contribution in [0.4, 0.5) is 0 Å². The normalized spacial score (nSPS) is 16.3. The Kier molecular flexibility index (Phi) is 11.2. The van der Waals surface area contributed by atoms with E-state index >= 15 is 0 Å². The molecule has 1 aromatic carbocycles. The molecule has 4 heteroatoms. The van der Waals surface area contributed by atoms with E-state index in [0.29, 0.717) is 6.04 Å². The number of halogens is 2. The Balaban J connectivity index is 0.00000242. The Bertz CT molecular complexity index is 434. The van der Waals surface area contributed by atoms with E-state index in [1.165, 1.54) is 55.5 Å². The number of nitrogens with zero attached hydrogens (tertiary/aromatic N) is 1. The van der Waals surface area contributed by atoms with Gasteiger partial charge in [0.05, 0.1) is 0 Å². The topological polar surface area (TPSA) is 15.3 Å². The average molecular weight is 361 g/mol.